The van der Waals surface area contributed by atoms with Crippen LogP contribution in [0.15, 0.2) is 22.7 Å². The zero-order chi connectivity index (χ0) is 15.6. The number of carbonyl (C=O) groups excluding carboxylic acids is 1. The number of carboxylic acids is 1. The molecule has 114 valence electrons. The van der Waals surface area contributed by atoms with Crippen LogP contribution in [0.3, 0.4) is 0 Å². The maximum Gasteiger partial charge on any atom is 0.337 e. The highest BCUT2D eigenvalue weighted by molar-refractivity contribution is 9.10. The third-order valence-corrected chi connectivity index (χ3v) is 6.01. The Morgan fingerprint density at radius 2 is 2.00 bits per heavy atom. The van der Waals surface area contributed by atoms with E-state index in [2.05, 4.69) is 21.2 Å². The minimum absolute atomic E-state index is 0.00277. The average Bonchev–Trinajstić information content (AvgIpc) is 2.39. The molecule has 1 heterocycles. The van der Waals surface area contributed by atoms with Crippen LogP contribution < -0.4 is 5.32 Å². The molecule has 0 aromatic heterocycles. The number of hydrogen-bond acceptors (Lipinski definition) is 4. The highest BCUT2D eigenvalue weighted by Crippen LogP contribution is 2.24. The first-order valence-corrected chi connectivity index (χ1v) is 8.87. The molecule has 0 saturated carbocycles. The number of rotatable bonds is 3. The largest absolute Gasteiger partial charge is 0.478 e. The van der Waals surface area contributed by atoms with Crippen LogP contribution in [0.2, 0.25) is 0 Å². The Balaban J connectivity index is 2.26. The molecule has 1 unspecified atom stereocenters. The lowest BCUT2D eigenvalue weighted by molar-refractivity contribution is -0.116. The Bertz CT molecular complexity index is 686. The molecule has 2 N–H and O–H groups in total. The van der Waals surface area contributed by atoms with Gasteiger partial charge in [0.05, 0.1) is 17.0 Å². The summed E-state index contributed by atoms with van der Waals surface area (Å²) >= 11 is 3.15. The standard InChI is InChI=1S/C13H14BrNO5S/c14-8-4-5-10(9(7-8)13(17)18)15-12(16)11-3-1-2-6-21(11,19)20/h4-5,7,11H,1-3,6H2,(H,15,16)(H,17,18). The van der Waals surface area contributed by atoms with Crippen molar-refractivity contribution in [3.63, 3.8) is 0 Å². The van der Waals surface area contributed by atoms with Gasteiger partial charge in [-0.1, -0.05) is 22.4 Å². The van der Waals surface area contributed by atoms with Crippen molar-refractivity contribution >= 4 is 43.3 Å². The summed E-state index contributed by atoms with van der Waals surface area (Å²) in [5, 5.41) is 10.4. The van der Waals surface area contributed by atoms with Gasteiger partial charge in [0.15, 0.2) is 9.84 Å². The van der Waals surface area contributed by atoms with E-state index in [1.54, 1.807) is 6.07 Å². The molecule has 1 aliphatic heterocycles. The molecule has 1 saturated heterocycles. The lowest BCUT2D eigenvalue weighted by Gasteiger charge is -2.21. The summed E-state index contributed by atoms with van der Waals surface area (Å²) in [6.45, 7) is 0. The van der Waals surface area contributed by atoms with Gasteiger partial charge in [-0.05, 0) is 31.0 Å². The Labute approximate surface area is 130 Å². The average molecular weight is 376 g/mol. The zero-order valence-electron chi connectivity index (χ0n) is 11.0. The van der Waals surface area contributed by atoms with Crippen molar-refractivity contribution in [3.05, 3.63) is 28.2 Å². The summed E-state index contributed by atoms with van der Waals surface area (Å²) in [6, 6.07) is 4.37. The van der Waals surface area contributed by atoms with Crippen LogP contribution in [-0.4, -0.2) is 36.4 Å². The van der Waals surface area contributed by atoms with Crippen LogP contribution in [0.1, 0.15) is 29.6 Å². The smallest absolute Gasteiger partial charge is 0.337 e. The summed E-state index contributed by atoms with van der Waals surface area (Å²) in [5.41, 5.74) is 0.00223. The van der Waals surface area contributed by atoms with Gasteiger partial charge in [0.2, 0.25) is 5.91 Å². The number of nitrogens with one attached hydrogen (secondary N) is 1. The van der Waals surface area contributed by atoms with Gasteiger partial charge in [0.25, 0.3) is 0 Å². The summed E-state index contributed by atoms with van der Waals surface area (Å²) in [7, 11) is -3.45. The number of anilines is 1. The van der Waals surface area contributed by atoms with E-state index in [1.807, 2.05) is 0 Å². The minimum Gasteiger partial charge on any atom is -0.478 e. The first-order valence-electron chi connectivity index (χ1n) is 6.36. The van der Waals surface area contributed by atoms with Crippen LogP contribution in [0.5, 0.6) is 0 Å². The number of carboxylic acid groups (broad SMARTS) is 1. The Morgan fingerprint density at radius 3 is 2.62 bits per heavy atom. The second kappa shape index (κ2) is 6.15. The first-order chi connectivity index (χ1) is 9.81. The van der Waals surface area contributed by atoms with E-state index in [-0.39, 0.29) is 23.4 Å². The van der Waals surface area contributed by atoms with E-state index in [0.717, 1.165) is 0 Å². The molecule has 1 aromatic carbocycles. The molecule has 1 amide bonds. The molecule has 1 fully saturated rings. The summed E-state index contributed by atoms with van der Waals surface area (Å²) < 4.78 is 24.4. The summed E-state index contributed by atoms with van der Waals surface area (Å²) in [4.78, 5) is 23.3. The number of halogens is 1. The molecule has 0 radical (unpaired) electrons. The molecule has 21 heavy (non-hydrogen) atoms. The number of carbonyl (C=O) groups is 2. The van der Waals surface area contributed by atoms with Gasteiger partial charge in [-0.2, -0.15) is 0 Å². The molecule has 0 bridgehead atoms. The lowest BCUT2D eigenvalue weighted by Crippen LogP contribution is -2.39. The van der Waals surface area contributed by atoms with E-state index >= 15 is 0 Å². The van der Waals surface area contributed by atoms with E-state index in [1.165, 1.54) is 12.1 Å². The fourth-order valence-corrected chi connectivity index (χ4v) is 4.43. The Kier molecular flexibility index (Phi) is 4.67. The van der Waals surface area contributed by atoms with Crippen LogP contribution in [0.4, 0.5) is 5.69 Å². The van der Waals surface area contributed by atoms with Crippen LogP contribution in [0.25, 0.3) is 0 Å². The third kappa shape index (κ3) is 3.62. The van der Waals surface area contributed by atoms with Gasteiger partial charge in [0, 0.05) is 4.47 Å². The maximum absolute atomic E-state index is 12.1. The summed E-state index contributed by atoms with van der Waals surface area (Å²) in [6.07, 6.45) is 1.50. The topological polar surface area (TPSA) is 101 Å². The van der Waals surface area contributed by atoms with Crippen molar-refractivity contribution in [2.75, 3.05) is 11.1 Å². The molecule has 6 nitrogen and oxygen atoms in total. The van der Waals surface area contributed by atoms with Crippen LogP contribution in [0, 0.1) is 0 Å². The molecule has 8 heteroatoms. The van der Waals surface area contributed by atoms with Crippen molar-refractivity contribution in [1.82, 2.24) is 0 Å². The molecule has 0 spiro atoms. The van der Waals surface area contributed by atoms with Gasteiger partial charge in [0.1, 0.15) is 5.25 Å². The van der Waals surface area contributed by atoms with Gasteiger partial charge in [-0.25, -0.2) is 13.2 Å². The summed E-state index contributed by atoms with van der Waals surface area (Å²) in [5.74, 6) is -1.87. The predicted octanol–water partition coefficient (Wildman–Crippen LogP) is 2.05. The Hall–Kier alpha value is -1.41. The number of amides is 1. The number of hydrogen-bond donors (Lipinski definition) is 2. The number of sulfone groups is 1. The molecule has 1 aromatic rings. The van der Waals surface area contributed by atoms with Crippen LogP contribution in [-0.2, 0) is 14.6 Å². The highest BCUT2D eigenvalue weighted by atomic mass is 79.9. The van der Waals surface area contributed by atoms with Crippen molar-refractivity contribution in [2.45, 2.75) is 24.5 Å². The Morgan fingerprint density at radius 1 is 1.29 bits per heavy atom. The van der Waals surface area contributed by atoms with E-state index in [0.29, 0.717) is 17.3 Å². The predicted molar refractivity (Wildman–Crippen MR) is 81.2 cm³/mol. The van der Waals surface area contributed by atoms with Gasteiger partial charge in [-0.15, -0.1) is 0 Å². The SMILES string of the molecule is O=C(O)c1cc(Br)ccc1NC(=O)C1CCCCS1(=O)=O. The number of benzene rings is 1. The molecule has 2 rings (SSSR count). The minimum atomic E-state index is -3.45. The van der Waals surface area contributed by atoms with Crippen LogP contribution >= 0.6 is 15.9 Å². The maximum atomic E-state index is 12.1. The number of aromatic carboxylic acids is 1. The van der Waals surface area contributed by atoms with E-state index in [4.69, 9.17) is 5.11 Å². The van der Waals surface area contributed by atoms with Crippen molar-refractivity contribution in [3.8, 4) is 0 Å². The lowest BCUT2D eigenvalue weighted by atomic mass is 10.1. The molecule has 1 atom stereocenters. The van der Waals surface area contributed by atoms with E-state index < -0.39 is 27.0 Å². The monoisotopic (exact) mass is 375 g/mol. The molecule has 0 aliphatic carbocycles. The molecular weight excluding hydrogens is 362 g/mol. The van der Waals surface area contributed by atoms with Gasteiger partial charge in [-0.3, -0.25) is 4.79 Å². The van der Waals surface area contributed by atoms with Crippen molar-refractivity contribution in [2.24, 2.45) is 0 Å². The normalized spacial score (nSPS) is 20.7. The third-order valence-electron chi connectivity index (χ3n) is 3.34. The fraction of sp³-hybridized carbons (Fsp3) is 0.385. The zero-order valence-corrected chi connectivity index (χ0v) is 13.4. The van der Waals surface area contributed by atoms with Crippen molar-refractivity contribution < 1.29 is 23.1 Å². The second-order valence-corrected chi connectivity index (χ2v) is 8.05. The van der Waals surface area contributed by atoms with Crippen molar-refractivity contribution in [1.29, 1.82) is 0 Å². The quantitative estimate of drug-likeness (QED) is 0.841. The highest BCUT2D eigenvalue weighted by Gasteiger charge is 2.35. The van der Waals surface area contributed by atoms with E-state index in [9.17, 15) is 18.0 Å². The second-order valence-electron chi connectivity index (χ2n) is 4.84. The molecule has 1 aliphatic rings. The molecular formula is C13H14BrNO5S. The van der Waals surface area contributed by atoms with Gasteiger partial charge >= 0.3 is 5.97 Å². The van der Waals surface area contributed by atoms with Gasteiger partial charge < -0.3 is 10.4 Å². The fourth-order valence-electron chi connectivity index (χ4n) is 2.26. The first kappa shape index (κ1) is 16.0.